The normalized spacial score (nSPS) is 15.2. The van der Waals surface area contributed by atoms with Crippen LogP contribution in [0.25, 0.3) is 0 Å². The van der Waals surface area contributed by atoms with Crippen molar-refractivity contribution < 1.29 is 14.6 Å². The molecule has 0 aliphatic rings. The van der Waals surface area contributed by atoms with E-state index >= 15 is 0 Å². The Hall–Kier alpha value is -2.53. The quantitative estimate of drug-likeness (QED) is 0.442. The first kappa shape index (κ1) is 24.5. The summed E-state index contributed by atoms with van der Waals surface area (Å²) in [6.45, 7) is 9.79. The van der Waals surface area contributed by atoms with Gasteiger partial charge in [0.25, 0.3) is 0 Å². The van der Waals surface area contributed by atoms with E-state index in [0.717, 1.165) is 17.7 Å². The zero-order valence-electron chi connectivity index (χ0n) is 18.7. The maximum Gasteiger partial charge on any atom is 0.238 e. The Labute approximate surface area is 174 Å². The van der Waals surface area contributed by atoms with Crippen molar-refractivity contribution in [2.75, 3.05) is 14.2 Å². The van der Waals surface area contributed by atoms with Crippen LogP contribution in [0, 0.1) is 12.8 Å². The predicted octanol–water partition coefficient (Wildman–Crippen LogP) is 4.66. The molecule has 5 heteroatoms. The van der Waals surface area contributed by atoms with Gasteiger partial charge in [0.05, 0.1) is 20.3 Å². The zero-order valence-corrected chi connectivity index (χ0v) is 18.7. The molecule has 160 valence electrons. The molecule has 0 aliphatic heterocycles. The van der Waals surface area contributed by atoms with Crippen LogP contribution >= 0.6 is 0 Å². The van der Waals surface area contributed by atoms with Crippen LogP contribution in [0.15, 0.2) is 52.4 Å². The molecule has 1 heterocycles. The van der Waals surface area contributed by atoms with Gasteiger partial charge in [0.1, 0.15) is 0 Å². The first-order valence-electron chi connectivity index (χ1n) is 9.90. The number of hydrogen-bond acceptors (Lipinski definition) is 4. The summed E-state index contributed by atoms with van der Waals surface area (Å²) < 4.78 is 10.4. The standard InChI is InChI=1S/C24H35NO4/c1-8-10-21(26)18(4)15-17(3)12-9-11-16(2)13-14-20-19(5)22(27)23(28-6)24(25-20)29-7/h8-10,12-13,15,18,21,26H,11,14H2,1-7H3,(H,25,27). The first-order valence-corrected chi connectivity index (χ1v) is 9.90. The number of H-pyrrole nitrogens is 1. The first-order chi connectivity index (χ1) is 13.7. The van der Waals surface area contributed by atoms with Gasteiger partial charge in [0.2, 0.25) is 17.1 Å². The third kappa shape index (κ3) is 7.42. The highest BCUT2D eigenvalue weighted by molar-refractivity contribution is 5.40. The Morgan fingerprint density at radius 3 is 2.52 bits per heavy atom. The fourth-order valence-corrected chi connectivity index (χ4v) is 2.96. The Morgan fingerprint density at radius 1 is 1.24 bits per heavy atom. The van der Waals surface area contributed by atoms with Crippen LogP contribution in [0.2, 0.25) is 0 Å². The Kier molecular flexibility index (Phi) is 10.2. The number of aromatic amines is 1. The molecule has 0 radical (unpaired) electrons. The van der Waals surface area contributed by atoms with Crippen molar-refractivity contribution >= 4 is 0 Å². The van der Waals surface area contributed by atoms with Gasteiger partial charge in [-0.1, -0.05) is 54.5 Å². The van der Waals surface area contributed by atoms with Gasteiger partial charge in [0.15, 0.2) is 0 Å². The predicted molar refractivity (Wildman–Crippen MR) is 120 cm³/mol. The summed E-state index contributed by atoms with van der Waals surface area (Å²) >= 11 is 0. The molecule has 0 saturated carbocycles. The van der Waals surface area contributed by atoms with E-state index in [4.69, 9.17) is 9.47 Å². The molecular weight excluding hydrogens is 366 g/mol. The molecule has 0 bridgehead atoms. The van der Waals surface area contributed by atoms with Gasteiger partial charge in [-0.25, -0.2) is 0 Å². The van der Waals surface area contributed by atoms with Gasteiger partial charge in [-0.2, -0.15) is 0 Å². The Morgan fingerprint density at radius 2 is 1.93 bits per heavy atom. The summed E-state index contributed by atoms with van der Waals surface area (Å²) in [5, 5.41) is 9.96. The van der Waals surface area contributed by atoms with Crippen LogP contribution in [0.3, 0.4) is 0 Å². The molecule has 2 unspecified atom stereocenters. The highest BCUT2D eigenvalue weighted by atomic mass is 16.5. The number of aliphatic hydroxyl groups is 1. The fraction of sp³-hybridized carbons (Fsp3) is 0.458. The zero-order chi connectivity index (χ0) is 22.0. The SMILES string of the molecule is CC=CC(O)C(C)C=C(C)C=CCC(C)=CCc1[nH]c(OC)c(OC)c(=O)c1C. The number of pyridine rings is 1. The summed E-state index contributed by atoms with van der Waals surface area (Å²) in [6, 6.07) is 0. The van der Waals surface area contributed by atoms with E-state index in [-0.39, 0.29) is 17.1 Å². The molecule has 0 fully saturated rings. The molecule has 0 aromatic carbocycles. The smallest absolute Gasteiger partial charge is 0.238 e. The summed E-state index contributed by atoms with van der Waals surface area (Å²) in [7, 11) is 2.97. The highest BCUT2D eigenvalue weighted by Crippen LogP contribution is 2.22. The van der Waals surface area contributed by atoms with E-state index in [1.807, 2.05) is 26.8 Å². The minimum absolute atomic E-state index is 0.0670. The van der Waals surface area contributed by atoms with Crippen LogP contribution in [0.1, 0.15) is 45.4 Å². The fourth-order valence-electron chi connectivity index (χ4n) is 2.96. The topological polar surface area (TPSA) is 71.6 Å². The van der Waals surface area contributed by atoms with E-state index in [1.54, 1.807) is 13.0 Å². The van der Waals surface area contributed by atoms with Gasteiger partial charge >= 0.3 is 0 Å². The van der Waals surface area contributed by atoms with Crippen LogP contribution in [-0.2, 0) is 6.42 Å². The summed E-state index contributed by atoms with van der Waals surface area (Å²) in [6.07, 6.45) is 13.0. The summed E-state index contributed by atoms with van der Waals surface area (Å²) in [4.78, 5) is 15.5. The molecular formula is C24H35NO4. The number of aliphatic hydroxyl groups excluding tert-OH is 1. The molecule has 2 atom stereocenters. The van der Waals surface area contributed by atoms with Crippen molar-refractivity contribution in [3.63, 3.8) is 0 Å². The molecule has 5 nitrogen and oxygen atoms in total. The summed E-state index contributed by atoms with van der Waals surface area (Å²) in [5.41, 5.74) is 3.62. The van der Waals surface area contributed by atoms with Crippen LogP contribution in [0.4, 0.5) is 0 Å². The second-order valence-electron chi connectivity index (χ2n) is 7.27. The molecule has 0 spiro atoms. The molecule has 1 aromatic heterocycles. The number of allylic oxidation sites excluding steroid dienone is 6. The molecule has 0 aliphatic carbocycles. The lowest BCUT2D eigenvalue weighted by Crippen LogP contribution is -2.15. The number of hydrogen-bond donors (Lipinski definition) is 2. The number of aromatic nitrogens is 1. The Balaban J connectivity index is 2.79. The maximum atomic E-state index is 12.4. The monoisotopic (exact) mass is 401 g/mol. The second-order valence-corrected chi connectivity index (χ2v) is 7.27. The highest BCUT2D eigenvalue weighted by Gasteiger charge is 2.14. The van der Waals surface area contributed by atoms with Crippen molar-refractivity contribution in [3.8, 4) is 11.6 Å². The largest absolute Gasteiger partial charge is 0.488 e. The van der Waals surface area contributed by atoms with Crippen molar-refractivity contribution in [1.82, 2.24) is 4.98 Å². The van der Waals surface area contributed by atoms with E-state index in [9.17, 15) is 9.90 Å². The number of rotatable bonds is 10. The average molecular weight is 402 g/mol. The van der Waals surface area contributed by atoms with E-state index in [1.165, 1.54) is 19.8 Å². The Bertz CT molecular complexity index is 843. The molecule has 2 N–H and O–H groups in total. The maximum absolute atomic E-state index is 12.4. The van der Waals surface area contributed by atoms with E-state index < -0.39 is 6.10 Å². The summed E-state index contributed by atoms with van der Waals surface area (Å²) in [5.74, 6) is 0.616. The lowest BCUT2D eigenvalue weighted by molar-refractivity contribution is 0.185. The van der Waals surface area contributed by atoms with Crippen molar-refractivity contribution in [1.29, 1.82) is 0 Å². The van der Waals surface area contributed by atoms with Gasteiger partial charge < -0.3 is 19.6 Å². The number of ether oxygens (including phenoxy) is 2. The van der Waals surface area contributed by atoms with Gasteiger partial charge in [0, 0.05) is 23.6 Å². The van der Waals surface area contributed by atoms with Crippen LogP contribution < -0.4 is 14.9 Å². The van der Waals surface area contributed by atoms with Crippen molar-refractivity contribution in [3.05, 3.63) is 69.1 Å². The third-order valence-electron chi connectivity index (χ3n) is 4.81. The molecule has 1 rings (SSSR count). The third-order valence-corrected chi connectivity index (χ3v) is 4.81. The molecule has 0 saturated heterocycles. The van der Waals surface area contributed by atoms with Crippen molar-refractivity contribution in [2.45, 2.75) is 53.6 Å². The molecule has 0 amide bonds. The second kappa shape index (κ2) is 12.1. The van der Waals surface area contributed by atoms with Gasteiger partial charge in [-0.15, -0.1) is 0 Å². The minimum Gasteiger partial charge on any atom is -0.488 e. The minimum atomic E-state index is -0.461. The van der Waals surface area contributed by atoms with Crippen LogP contribution in [-0.4, -0.2) is 30.4 Å². The van der Waals surface area contributed by atoms with E-state index in [2.05, 4.69) is 36.2 Å². The lowest BCUT2D eigenvalue weighted by Gasteiger charge is -2.11. The molecule has 1 aromatic rings. The number of methoxy groups -OCH3 is 2. The average Bonchev–Trinajstić information content (AvgIpc) is 2.68. The van der Waals surface area contributed by atoms with Crippen molar-refractivity contribution in [2.24, 2.45) is 5.92 Å². The van der Waals surface area contributed by atoms with Crippen LogP contribution in [0.5, 0.6) is 11.6 Å². The lowest BCUT2D eigenvalue weighted by atomic mass is 10.0. The van der Waals surface area contributed by atoms with E-state index in [0.29, 0.717) is 17.9 Å². The molecule has 29 heavy (non-hydrogen) atoms. The van der Waals surface area contributed by atoms with Gasteiger partial charge in [-0.05, 0) is 34.1 Å². The number of nitrogens with one attached hydrogen (secondary N) is 1. The van der Waals surface area contributed by atoms with Gasteiger partial charge in [-0.3, -0.25) is 4.79 Å².